The first-order chi connectivity index (χ1) is 12.1. The number of ether oxygens (including phenoxy) is 3. The molecule has 0 amide bonds. The van der Waals surface area contributed by atoms with Crippen LogP contribution in [-0.2, 0) is 30.8 Å². The van der Waals surface area contributed by atoms with Crippen LogP contribution in [0.25, 0.3) is 0 Å². The number of methoxy groups -OCH3 is 1. The van der Waals surface area contributed by atoms with Crippen molar-refractivity contribution >= 4 is 21.4 Å². The normalized spacial score (nSPS) is 29.2. The van der Waals surface area contributed by atoms with Crippen molar-refractivity contribution in [3.8, 4) is 0 Å². The number of thiophene rings is 1. The Balaban J connectivity index is 1.46. The van der Waals surface area contributed by atoms with Crippen LogP contribution < -0.4 is 4.72 Å². The maximum atomic E-state index is 12.4. The van der Waals surface area contributed by atoms with Crippen LogP contribution in [0.3, 0.4) is 0 Å². The van der Waals surface area contributed by atoms with Crippen LogP contribution in [-0.4, -0.2) is 62.0 Å². The van der Waals surface area contributed by atoms with E-state index >= 15 is 0 Å². The molecule has 2 aromatic heterocycles. The molecule has 2 aliphatic rings. The largest absolute Gasteiger partial charge is 0.378 e. The fourth-order valence-corrected chi connectivity index (χ4v) is 5.41. The lowest BCUT2D eigenvalue weighted by atomic mass is 10.1. The Labute approximate surface area is 148 Å². The minimum absolute atomic E-state index is 0.139. The van der Waals surface area contributed by atoms with Crippen molar-refractivity contribution in [1.82, 2.24) is 19.7 Å². The van der Waals surface area contributed by atoms with E-state index in [1.54, 1.807) is 35.5 Å². The molecule has 4 heterocycles. The van der Waals surface area contributed by atoms with Gasteiger partial charge in [0, 0.05) is 7.11 Å². The minimum atomic E-state index is -3.57. The second-order valence-electron chi connectivity index (χ2n) is 5.95. The molecule has 0 unspecified atom stereocenters. The molecule has 11 heteroatoms. The van der Waals surface area contributed by atoms with Crippen molar-refractivity contribution in [2.75, 3.05) is 20.3 Å². The van der Waals surface area contributed by atoms with Gasteiger partial charge in [0.1, 0.15) is 28.2 Å². The Morgan fingerprint density at radius 1 is 1.40 bits per heavy atom. The molecular weight excluding hydrogens is 368 g/mol. The molecule has 0 radical (unpaired) electrons. The third-order valence-corrected chi connectivity index (χ3v) is 7.17. The summed E-state index contributed by atoms with van der Waals surface area (Å²) in [4.78, 5) is 0. The minimum Gasteiger partial charge on any atom is -0.378 e. The summed E-state index contributed by atoms with van der Waals surface area (Å²) in [5, 5.41) is 9.88. The van der Waals surface area contributed by atoms with Gasteiger partial charge in [-0.1, -0.05) is 11.3 Å². The molecule has 136 valence electrons. The van der Waals surface area contributed by atoms with Gasteiger partial charge in [0.05, 0.1) is 32.1 Å². The van der Waals surface area contributed by atoms with Crippen molar-refractivity contribution in [1.29, 1.82) is 0 Å². The topological polar surface area (TPSA) is 105 Å². The smallest absolute Gasteiger partial charge is 0.250 e. The molecule has 2 fully saturated rings. The lowest BCUT2D eigenvalue weighted by Crippen LogP contribution is -2.43. The second kappa shape index (κ2) is 6.74. The summed E-state index contributed by atoms with van der Waals surface area (Å²) < 4.78 is 46.2. The number of aromatic nitrogens is 3. The zero-order chi connectivity index (χ0) is 17.4. The highest BCUT2D eigenvalue weighted by Gasteiger charge is 2.50. The highest BCUT2D eigenvalue weighted by atomic mass is 32.2. The Kier molecular flexibility index (Phi) is 4.60. The van der Waals surface area contributed by atoms with E-state index in [0.29, 0.717) is 13.2 Å². The van der Waals surface area contributed by atoms with Gasteiger partial charge in [0.15, 0.2) is 0 Å². The molecule has 2 aliphatic heterocycles. The predicted molar refractivity (Wildman–Crippen MR) is 87.7 cm³/mol. The van der Waals surface area contributed by atoms with Gasteiger partial charge in [-0.3, -0.25) is 0 Å². The molecule has 0 saturated carbocycles. The summed E-state index contributed by atoms with van der Waals surface area (Å²) in [5.41, 5.74) is 0.721. The van der Waals surface area contributed by atoms with Crippen LogP contribution in [0.15, 0.2) is 27.9 Å². The molecular formula is C14H18N4O5S2. The van der Waals surface area contributed by atoms with Crippen molar-refractivity contribution < 1.29 is 22.6 Å². The van der Waals surface area contributed by atoms with Gasteiger partial charge in [-0.05, 0) is 11.4 Å². The van der Waals surface area contributed by atoms with E-state index in [-0.39, 0.29) is 29.1 Å². The number of hydrogen-bond acceptors (Lipinski definition) is 8. The molecule has 4 rings (SSSR count). The molecule has 25 heavy (non-hydrogen) atoms. The highest BCUT2D eigenvalue weighted by Crippen LogP contribution is 2.34. The van der Waals surface area contributed by atoms with Crippen LogP contribution in [0, 0.1) is 0 Å². The predicted octanol–water partition coefficient (Wildman–Crippen LogP) is 0.172. The van der Waals surface area contributed by atoms with E-state index in [1.165, 1.54) is 11.3 Å². The molecule has 1 N–H and O–H groups in total. The first-order valence-electron chi connectivity index (χ1n) is 7.77. The Hall–Kier alpha value is -1.37. The summed E-state index contributed by atoms with van der Waals surface area (Å²) in [6.45, 7) is 1.03. The summed E-state index contributed by atoms with van der Waals surface area (Å²) in [6.07, 6.45) is 1.18. The van der Waals surface area contributed by atoms with Crippen LogP contribution in [0.4, 0.5) is 0 Å². The molecule has 0 aromatic carbocycles. The fourth-order valence-electron chi connectivity index (χ4n) is 3.17. The molecule has 0 aliphatic carbocycles. The number of rotatable bonds is 6. The number of nitrogens with zero attached hydrogens (tertiary/aromatic N) is 3. The van der Waals surface area contributed by atoms with E-state index in [0.717, 1.165) is 5.69 Å². The molecule has 2 aromatic rings. The Bertz CT molecular complexity index is 822. The van der Waals surface area contributed by atoms with E-state index in [2.05, 4.69) is 15.0 Å². The van der Waals surface area contributed by atoms with Crippen LogP contribution in [0.5, 0.6) is 0 Å². The quantitative estimate of drug-likeness (QED) is 0.755. The van der Waals surface area contributed by atoms with Crippen molar-refractivity contribution in [2.24, 2.45) is 0 Å². The average molecular weight is 386 g/mol. The zero-order valence-corrected chi connectivity index (χ0v) is 15.1. The average Bonchev–Trinajstić information content (AvgIpc) is 3.33. The first kappa shape index (κ1) is 17.1. The van der Waals surface area contributed by atoms with Crippen molar-refractivity contribution in [2.45, 2.75) is 35.1 Å². The van der Waals surface area contributed by atoms with Gasteiger partial charge in [-0.15, -0.1) is 16.4 Å². The van der Waals surface area contributed by atoms with E-state index < -0.39 is 16.1 Å². The lowest BCUT2D eigenvalue weighted by molar-refractivity contribution is 0.0624. The lowest BCUT2D eigenvalue weighted by Gasteiger charge is -2.17. The summed E-state index contributed by atoms with van der Waals surface area (Å²) >= 11 is 1.18. The number of nitrogens with one attached hydrogen (secondary N) is 1. The van der Waals surface area contributed by atoms with Crippen LogP contribution >= 0.6 is 11.3 Å². The maximum absolute atomic E-state index is 12.4. The summed E-state index contributed by atoms with van der Waals surface area (Å²) in [7, 11) is -1.97. The number of sulfonamides is 1. The van der Waals surface area contributed by atoms with E-state index in [9.17, 15) is 8.42 Å². The summed E-state index contributed by atoms with van der Waals surface area (Å²) in [5.74, 6) is 0. The standard InChI is InChI=1S/C14H18N4O5S2/c1-21-6-9-5-18(17-15-9)11-8-23-13-10(7-22-14(11)13)16-25(19,20)12-3-2-4-24-12/h2-5,10-11,13-14,16H,6-8H2,1H3/t10-,11-,13+,14+/m0/s1. The number of fused-ring (bicyclic) bond motifs is 1. The molecule has 2 saturated heterocycles. The van der Waals surface area contributed by atoms with E-state index in [1.807, 2.05) is 0 Å². The van der Waals surface area contributed by atoms with E-state index in [4.69, 9.17) is 14.2 Å². The van der Waals surface area contributed by atoms with Gasteiger partial charge >= 0.3 is 0 Å². The van der Waals surface area contributed by atoms with Crippen molar-refractivity contribution in [3.05, 3.63) is 29.4 Å². The van der Waals surface area contributed by atoms with Gasteiger partial charge < -0.3 is 14.2 Å². The van der Waals surface area contributed by atoms with Gasteiger partial charge in [-0.2, -0.15) is 0 Å². The fraction of sp³-hybridized carbons (Fsp3) is 0.571. The molecule has 0 bridgehead atoms. The highest BCUT2D eigenvalue weighted by molar-refractivity contribution is 7.91. The molecule has 0 spiro atoms. The Morgan fingerprint density at radius 2 is 2.24 bits per heavy atom. The maximum Gasteiger partial charge on any atom is 0.250 e. The van der Waals surface area contributed by atoms with Gasteiger partial charge in [0.2, 0.25) is 10.0 Å². The van der Waals surface area contributed by atoms with Crippen LogP contribution in [0.2, 0.25) is 0 Å². The first-order valence-corrected chi connectivity index (χ1v) is 10.1. The molecule has 9 nitrogen and oxygen atoms in total. The van der Waals surface area contributed by atoms with Crippen molar-refractivity contribution in [3.63, 3.8) is 0 Å². The summed E-state index contributed by atoms with van der Waals surface area (Å²) in [6, 6.07) is 2.71. The number of hydrogen-bond donors (Lipinski definition) is 1. The Morgan fingerprint density at radius 3 is 3.00 bits per heavy atom. The van der Waals surface area contributed by atoms with Crippen LogP contribution in [0.1, 0.15) is 11.7 Å². The SMILES string of the molecule is COCc1cn([C@H]2CO[C@H]3[C@@H]2OC[C@@H]3NS(=O)(=O)c2cccs2)nn1. The van der Waals surface area contributed by atoms with Gasteiger partial charge in [-0.25, -0.2) is 17.8 Å². The third-order valence-electron chi connectivity index (χ3n) is 4.28. The monoisotopic (exact) mass is 386 g/mol. The zero-order valence-electron chi connectivity index (χ0n) is 13.4. The third kappa shape index (κ3) is 3.23. The van der Waals surface area contributed by atoms with Gasteiger partial charge in [0.25, 0.3) is 0 Å². The molecule has 4 atom stereocenters. The second-order valence-corrected chi connectivity index (χ2v) is 8.83.